The van der Waals surface area contributed by atoms with Crippen molar-refractivity contribution in [1.82, 2.24) is 5.32 Å². The topological polar surface area (TPSA) is 64.3 Å². The first kappa shape index (κ1) is 16.8. The van der Waals surface area contributed by atoms with Gasteiger partial charge in [0.15, 0.2) is 0 Å². The summed E-state index contributed by atoms with van der Waals surface area (Å²) in [5.41, 5.74) is 7.30. The number of ether oxygens (including phenoxy) is 1. The summed E-state index contributed by atoms with van der Waals surface area (Å²) in [4.78, 5) is 12.9. The molecule has 0 unspecified atom stereocenters. The number of amides is 1. The van der Waals surface area contributed by atoms with Crippen molar-refractivity contribution in [3.05, 3.63) is 29.3 Å². The van der Waals surface area contributed by atoms with Crippen LogP contribution in [0.5, 0.6) is 5.75 Å². The summed E-state index contributed by atoms with van der Waals surface area (Å²) < 4.78 is 5.43. The number of hydrogen-bond acceptors (Lipinski definition) is 3. The molecule has 1 aliphatic carbocycles. The van der Waals surface area contributed by atoms with Gasteiger partial charge in [-0.1, -0.05) is 25.0 Å². The fourth-order valence-corrected chi connectivity index (χ4v) is 3.22. The molecule has 0 atom stereocenters. The summed E-state index contributed by atoms with van der Waals surface area (Å²) in [6, 6.07) is 6.12. The number of hydrogen-bond donors (Lipinski definition) is 2. The fraction of sp³-hybridized carbons (Fsp3) is 0.611. The molecular weight excluding hydrogens is 276 g/mol. The zero-order chi connectivity index (χ0) is 16.4. The normalized spacial score (nSPS) is 17.3. The van der Waals surface area contributed by atoms with Gasteiger partial charge in [-0.25, -0.2) is 0 Å². The van der Waals surface area contributed by atoms with Gasteiger partial charge in [0.05, 0.1) is 12.5 Å². The minimum Gasteiger partial charge on any atom is -0.496 e. The SMILES string of the molecule is COc1cc(C2(C(=O)NCC(C)(C)N)CCCC2)ccc1C. The van der Waals surface area contributed by atoms with Gasteiger partial charge in [-0.15, -0.1) is 0 Å². The molecule has 122 valence electrons. The molecule has 0 radical (unpaired) electrons. The Morgan fingerprint density at radius 3 is 2.55 bits per heavy atom. The minimum atomic E-state index is -0.438. The molecule has 0 bridgehead atoms. The molecule has 1 aromatic carbocycles. The van der Waals surface area contributed by atoms with E-state index in [1.807, 2.05) is 32.9 Å². The van der Waals surface area contributed by atoms with E-state index in [4.69, 9.17) is 10.5 Å². The van der Waals surface area contributed by atoms with Gasteiger partial charge in [0.1, 0.15) is 5.75 Å². The van der Waals surface area contributed by atoms with E-state index < -0.39 is 11.0 Å². The van der Waals surface area contributed by atoms with Crippen molar-refractivity contribution in [1.29, 1.82) is 0 Å². The van der Waals surface area contributed by atoms with Gasteiger partial charge in [-0.3, -0.25) is 4.79 Å². The Hall–Kier alpha value is -1.55. The third kappa shape index (κ3) is 3.43. The number of nitrogens with one attached hydrogen (secondary N) is 1. The maximum atomic E-state index is 12.9. The van der Waals surface area contributed by atoms with E-state index in [-0.39, 0.29) is 5.91 Å². The molecule has 0 saturated heterocycles. The molecular formula is C18H28N2O2. The lowest BCUT2D eigenvalue weighted by Crippen LogP contribution is -2.50. The Balaban J connectivity index is 2.30. The Morgan fingerprint density at radius 1 is 1.36 bits per heavy atom. The Kier molecular flexibility index (Phi) is 4.81. The zero-order valence-electron chi connectivity index (χ0n) is 14.2. The van der Waals surface area contributed by atoms with Crippen molar-refractivity contribution >= 4 is 5.91 Å². The van der Waals surface area contributed by atoms with Crippen LogP contribution in [-0.4, -0.2) is 25.1 Å². The zero-order valence-corrected chi connectivity index (χ0v) is 14.2. The molecule has 1 aliphatic rings. The van der Waals surface area contributed by atoms with Crippen LogP contribution in [0.15, 0.2) is 18.2 Å². The summed E-state index contributed by atoms with van der Waals surface area (Å²) in [5, 5.41) is 3.05. The lowest BCUT2D eigenvalue weighted by molar-refractivity contribution is -0.126. The molecule has 22 heavy (non-hydrogen) atoms. The lowest BCUT2D eigenvalue weighted by atomic mass is 9.77. The van der Waals surface area contributed by atoms with Gasteiger partial charge in [-0.2, -0.15) is 0 Å². The van der Waals surface area contributed by atoms with Crippen LogP contribution in [0.25, 0.3) is 0 Å². The van der Waals surface area contributed by atoms with Crippen LogP contribution in [0.4, 0.5) is 0 Å². The molecule has 1 saturated carbocycles. The highest BCUT2D eigenvalue weighted by molar-refractivity contribution is 5.88. The second-order valence-corrected chi connectivity index (χ2v) is 7.14. The minimum absolute atomic E-state index is 0.0921. The largest absolute Gasteiger partial charge is 0.496 e. The number of carbonyl (C=O) groups excluding carboxylic acids is 1. The van der Waals surface area contributed by atoms with Crippen molar-refractivity contribution in [3.8, 4) is 5.75 Å². The summed E-state index contributed by atoms with van der Waals surface area (Å²) in [7, 11) is 1.67. The van der Waals surface area contributed by atoms with Crippen molar-refractivity contribution in [3.63, 3.8) is 0 Å². The second-order valence-electron chi connectivity index (χ2n) is 7.14. The summed E-state index contributed by atoms with van der Waals surface area (Å²) in [6.07, 6.45) is 3.93. The van der Waals surface area contributed by atoms with Crippen LogP contribution >= 0.6 is 0 Å². The fourth-order valence-electron chi connectivity index (χ4n) is 3.22. The molecule has 0 aliphatic heterocycles. The first-order chi connectivity index (χ1) is 10.3. The van der Waals surface area contributed by atoms with E-state index in [9.17, 15) is 4.79 Å². The van der Waals surface area contributed by atoms with Crippen LogP contribution in [-0.2, 0) is 10.2 Å². The van der Waals surface area contributed by atoms with E-state index in [0.717, 1.165) is 42.6 Å². The van der Waals surface area contributed by atoms with Crippen LogP contribution in [0.1, 0.15) is 50.7 Å². The van der Waals surface area contributed by atoms with E-state index in [1.54, 1.807) is 7.11 Å². The summed E-state index contributed by atoms with van der Waals surface area (Å²) in [6.45, 7) is 6.34. The van der Waals surface area contributed by atoms with Gasteiger partial charge in [0, 0.05) is 12.1 Å². The molecule has 4 heteroatoms. The third-order valence-electron chi connectivity index (χ3n) is 4.56. The lowest BCUT2D eigenvalue weighted by Gasteiger charge is -2.30. The highest BCUT2D eigenvalue weighted by Gasteiger charge is 2.43. The highest BCUT2D eigenvalue weighted by Crippen LogP contribution is 2.42. The predicted molar refractivity (Wildman–Crippen MR) is 89.2 cm³/mol. The maximum Gasteiger partial charge on any atom is 0.230 e. The first-order valence-corrected chi connectivity index (χ1v) is 8.01. The van der Waals surface area contributed by atoms with Gasteiger partial charge >= 0.3 is 0 Å². The average Bonchev–Trinajstić information content (AvgIpc) is 2.95. The molecule has 0 heterocycles. The van der Waals surface area contributed by atoms with E-state index in [0.29, 0.717) is 6.54 Å². The number of aryl methyl sites for hydroxylation is 1. The van der Waals surface area contributed by atoms with Crippen molar-refractivity contribution in [2.45, 2.75) is 57.4 Å². The summed E-state index contributed by atoms with van der Waals surface area (Å²) >= 11 is 0. The molecule has 1 fully saturated rings. The van der Waals surface area contributed by atoms with Crippen LogP contribution in [0, 0.1) is 6.92 Å². The predicted octanol–water partition coefficient (Wildman–Crippen LogP) is 2.67. The van der Waals surface area contributed by atoms with Crippen LogP contribution < -0.4 is 15.8 Å². The highest BCUT2D eigenvalue weighted by atomic mass is 16.5. The molecule has 2 rings (SSSR count). The quantitative estimate of drug-likeness (QED) is 0.879. The molecule has 0 aromatic heterocycles. The van der Waals surface area contributed by atoms with E-state index in [1.165, 1.54) is 0 Å². The van der Waals surface area contributed by atoms with Gasteiger partial charge in [0.2, 0.25) is 5.91 Å². The molecule has 1 aromatic rings. The third-order valence-corrected chi connectivity index (χ3v) is 4.56. The average molecular weight is 304 g/mol. The number of carbonyl (C=O) groups is 1. The summed E-state index contributed by atoms with van der Waals surface area (Å²) in [5.74, 6) is 0.935. The van der Waals surface area contributed by atoms with Crippen molar-refractivity contribution < 1.29 is 9.53 Å². The number of nitrogens with two attached hydrogens (primary N) is 1. The molecule has 4 nitrogen and oxygen atoms in total. The van der Waals surface area contributed by atoms with Crippen molar-refractivity contribution in [2.24, 2.45) is 5.73 Å². The van der Waals surface area contributed by atoms with Gasteiger partial charge < -0.3 is 15.8 Å². The standard InChI is InChI=1S/C18H28N2O2/c1-13-7-8-14(11-15(13)22-4)18(9-5-6-10-18)16(21)20-12-17(2,3)19/h7-8,11H,5-6,9-10,12,19H2,1-4H3,(H,20,21). The monoisotopic (exact) mass is 304 g/mol. The molecule has 0 spiro atoms. The van der Waals surface area contributed by atoms with Gasteiger partial charge in [0.25, 0.3) is 0 Å². The maximum absolute atomic E-state index is 12.9. The Bertz CT molecular complexity index is 541. The first-order valence-electron chi connectivity index (χ1n) is 8.01. The molecule has 3 N–H and O–H groups in total. The number of rotatable bonds is 5. The number of benzene rings is 1. The van der Waals surface area contributed by atoms with E-state index >= 15 is 0 Å². The second kappa shape index (κ2) is 6.29. The Morgan fingerprint density at radius 2 is 2.00 bits per heavy atom. The van der Waals surface area contributed by atoms with Gasteiger partial charge in [-0.05, 0) is 50.8 Å². The van der Waals surface area contributed by atoms with Crippen molar-refractivity contribution in [2.75, 3.05) is 13.7 Å². The number of methoxy groups -OCH3 is 1. The van der Waals surface area contributed by atoms with E-state index in [2.05, 4.69) is 11.4 Å². The van der Waals surface area contributed by atoms with Crippen LogP contribution in [0.2, 0.25) is 0 Å². The molecule has 1 amide bonds. The smallest absolute Gasteiger partial charge is 0.230 e. The Labute approximate surface area is 133 Å². The van der Waals surface area contributed by atoms with Crippen LogP contribution in [0.3, 0.4) is 0 Å².